The first kappa shape index (κ1) is 13.2. The number of aryl methyl sites for hydroxylation is 1. The van der Waals surface area contributed by atoms with Gasteiger partial charge < -0.3 is 10.4 Å². The zero-order valence-electron chi connectivity index (χ0n) is 9.66. The lowest BCUT2D eigenvalue weighted by Crippen LogP contribution is -2.28. The Bertz CT molecular complexity index is 445. The number of carbonyl (C=O) groups is 2. The van der Waals surface area contributed by atoms with Gasteiger partial charge in [0.2, 0.25) is 5.91 Å². The molecule has 0 saturated heterocycles. The van der Waals surface area contributed by atoms with Crippen molar-refractivity contribution in [3.05, 3.63) is 35.1 Å². The molecule has 0 aliphatic rings. The van der Waals surface area contributed by atoms with Crippen molar-refractivity contribution in [3.63, 3.8) is 0 Å². The second-order valence-corrected chi connectivity index (χ2v) is 3.87. The maximum Gasteiger partial charge on any atom is 0.312 e. The van der Waals surface area contributed by atoms with Crippen LogP contribution < -0.4 is 5.32 Å². The summed E-state index contributed by atoms with van der Waals surface area (Å²) in [4.78, 5) is 21.5. The molecule has 0 bridgehead atoms. The van der Waals surface area contributed by atoms with E-state index in [1.165, 1.54) is 6.07 Å². The van der Waals surface area contributed by atoms with Gasteiger partial charge in [0, 0.05) is 0 Å². The molecule has 4 nitrogen and oxygen atoms in total. The maximum absolute atomic E-state index is 13.3. The molecule has 5 heteroatoms. The fourth-order valence-electron chi connectivity index (χ4n) is 1.39. The van der Waals surface area contributed by atoms with Crippen LogP contribution in [-0.4, -0.2) is 17.0 Å². The molecule has 1 unspecified atom stereocenters. The Kier molecular flexibility index (Phi) is 4.20. The van der Waals surface area contributed by atoms with Gasteiger partial charge in [0.15, 0.2) is 0 Å². The number of hydrogen-bond acceptors (Lipinski definition) is 2. The average Bonchev–Trinajstić information content (AvgIpc) is 2.20. The third-order valence-corrected chi connectivity index (χ3v) is 2.39. The second kappa shape index (κ2) is 5.43. The fourth-order valence-corrected chi connectivity index (χ4v) is 1.39. The van der Waals surface area contributed by atoms with Crippen LogP contribution in [-0.2, 0) is 9.59 Å². The van der Waals surface area contributed by atoms with E-state index in [0.29, 0.717) is 11.1 Å². The SMILES string of the molecule is Cc1ccc(C(C)NC(=O)CC(=O)O)cc1F. The molecule has 0 fully saturated rings. The van der Waals surface area contributed by atoms with Gasteiger partial charge in [-0.15, -0.1) is 0 Å². The molecule has 1 rings (SSSR count). The first-order valence-electron chi connectivity index (χ1n) is 5.17. The third-order valence-electron chi connectivity index (χ3n) is 2.39. The summed E-state index contributed by atoms with van der Waals surface area (Å²) < 4.78 is 13.3. The highest BCUT2D eigenvalue weighted by molar-refractivity contribution is 5.93. The monoisotopic (exact) mass is 239 g/mol. The predicted octanol–water partition coefficient (Wildman–Crippen LogP) is 1.79. The van der Waals surface area contributed by atoms with Crippen molar-refractivity contribution in [1.82, 2.24) is 5.32 Å². The van der Waals surface area contributed by atoms with Crippen LogP contribution in [0.3, 0.4) is 0 Å². The minimum Gasteiger partial charge on any atom is -0.481 e. The van der Waals surface area contributed by atoms with Gasteiger partial charge in [-0.1, -0.05) is 12.1 Å². The van der Waals surface area contributed by atoms with Crippen LogP contribution in [0.5, 0.6) is 0 Å². The average molecular weight is 239 g/mol. The zero-order chi connectivity index (χ0) is 13.0. The van der Waals surface area contributed by atoms with Gasteiger partial charge in [0.25, 0.3) is 0 Å². The fraction of sp³-hybridized carbons (Fsp3) is 0.333. The normalized spacial score (nSPS) is 11.9. The predicted molar refractivity (Wildman–Crippen MR) is 59.9 cm³/mol. The molecule has 92 valence electrons. The zero-order valence-corrected chi connectivity index (χ0v) is 9.66. The number of benzene rings is 1. The van der Waals surface area contributed by atoms with Gasteiger partial charge in [0.1, 0.15) is 12.2 Å². The number of carboxylic acids is 1. The number of carboxylic acid groups (broad SMARTS) is 1. The quantitative estimate of drug-likeness (QED) is 0.787. The van der Waals surface area contributed by atoms with Crippen molar-refractivity contribution in [2.75, 3.05) is 0 Å². The van der Waals surface area contributed by atoms with E-state index in [2.05, 4.69) is 5.32 Å². The Morgan fingerprint density at radius 1 is 1.47 bits per heavy atom. The summed E-state index contributed by atoms with van der Waals surface area (Å²) in [6.07, 6.45) is -0.585. The molecule has 0 aliphatic carbocycles. The van der Waals surface area contributed by atoms with Crippen LogP contribution in [0, 0.1) is 12.7 Å². The highest BCUT2D eigenvalue weighted by Gasteiger charge is 2.13. The van der Waals surface area contributed by atoms with Crippen molar-refractivity contribution in [3.8, 4) is 0 Å². The van der Waals surface area contributed by atoms with E-state index in [1.807, 2.05) is 0 Å². The Labute approximate surface area is 98.5 Å². The van der Waals surface area contributed by atoms with E-state index in [4.69, 9.17) is 5.11 Å². The topological polar surface area (TPSA) is 66.4 Å². The Balaban J connectivity index is 2.69. The molecule has 1 aromatic carbocycles. The van der Waals surface area contributed by atoms with Crippen LogP contribution >= 0.6 is 0 Å². The van der Waals surface area contributed by atoms with Gasteiger partial charge >= 0.3 is 5.97 Å². The van der Waals surface area contributed by atoms with Crippen LogP contribution in [0.2, 0.25) is 0 Å². The van der Waals surface area contributed by atoms with Crippen molar-refractivity contribution in [2.45, 2.75) is 26.3 Å². The molecule has 0 saturated carbocycles. The third kappa shape index (κ3) is 3.86. The van der Waals surface area contributed by atoms with E-state index in [-0.39, 0.29) is 5.82 Å². The van der Waals surface area contributed by atoms with E-state index >= 15 is 0 Å². The smallest absolute Gasteiger partial charge is 0.312 e. The minimum absolute atomic E-state index is 0.346. The highest BCUT2D eigenvalue weighted by Crippen LogP contribution is 2.16. The summed E-state index contributed by atoms with van der Waals surface area (Å²) in [5.74, 6) is -2.13. The summed E-state index contributed by atoms with van der Waals surface area (Å²) in [5, 5.41) is 10.9. The second-order valence-electron chi connectivity index (χ2n) is 3.87. The van der Waals surface area contributed by atoms with Gasteiger partial charge in [-0.05, 0) is 31.0 Å². The number of halogens is 1. The van der Waals surface area contributed by atoms with Crippen molar-refractivity contribution in [1.29, 1.82) is 0 Å². The Morgan fingerprint density at radius 2 is 2.12 bits per heavy atom. The molecule has 0 radical (unpaired) electrons. The minimum atomic E-state index is -1.19. The molecular formula is C12H14FNO3. The van der Waals surface area contributed by atoms with E-state index in [9.17, 15) is 14.0 Å². The van der Waals surface area contributed by atoms with Crippen LogP contribution in [0.1, 0.15) is 30.5 Å². The molecule has 0 heterocycles. The number of rotatable bonds is 4. The van der Waals surface area contributed by atoms with Crippen molar-refractivity contribution >= 4 is 11.9 Å². The molecule has 0 spiro atoms. The van der Waals surface area contributed by atoms with Gasteiger partial charge in [-0.3, -0.25) is 9.59 Å². The highest BCUT2D eigenvalue weighted by atomic mass is 19.1. The summed E-state index contributed by atoms with van der Waals surface area (Å²) in [6, 6.07) is 4.23. The van der Waals surface area contributed by atoms with Crippen LogP contribution in [0.4, 0.5) is 4.39 Å². The summed E-state index contributed by atoms with van der Waals surface area (Å²) in [6.45, 7) is 3.32. The number of nitrogens with one attached hydrogen (secondary N) is 1. The van der Waals surface area contributed by atoms with Crippen molar-refractivity contribution < 1.29 is 19.1 Å². The lowest BCUT2D eigenvalue weighted by Gasteiger charge is -2.14. The van der Waals surface area contributed by atoms with Gasteiger partial charge in [-0.2, -0.15) is 0 Å². The number of carbonyl (C=O) groups excluding carboxylic acids is 1. The molecule has 17 heavy (non-hydrogen) atoms. The molecule has 2 N–H and O–H groups in total. The van der Waals surface area contributed by atoms with Gasteiger partial charge in [-0.25, -0.2) is 4.39 Å². The first-order valence-corrected chi connectivity index (χ1v) is 5.17. The van der Waals surface area contributed by atoms with E-state index < -0.39 is 24.3 Å². The van der Waals surface area contributed by atoms with E-state index in [0.717, 1.165) is 0 Å². The number of hydrogen-bond donors (Lipinski definition) is 2. The first-order chi connectivity index (χ1) is 7.90. The van der Waals surface area contributed by atoms with Gasteiger partial charge in [0.05, 0.1) is 6.04 Å². The summed E-state index contributed by atoms with van der Waals surface area (Å²) >= 11 is 0. The van der Waals surface area contributed by atoms with Crippen LogP contribution in [0.15, 0.2) is 18.2 Å². The standard InChI is InChI=1S/C12H14FNO3/c1-7-3-4-9(5-10(7)13)8(2)14-11(15)6-12(16)17/h3-5,8H,6H2,1-2H3,(H,14,15)(H,16,17). The largest absolute Gasteiger partial charge is 0.481 e. The Morgan fingerprint density at radius 3 is 2.65 bits per heavy atom. The molecule has 0 aliphatic heterocycles. The molecule has 1 atom stereocenters. The lowest BCUT2D eigenvalue weighted by molar-refractivity contribution is -0.140. The molecule has 1 amide bonds. The molecular weight excluding hydrogens is 225 g/mol. The molecule has 0 aromatic heterocycles. The van der Waals surface area contributed by atoms with E-state index in [1.54, 1.807) is 26.0 Å². The molecule has 1 aromatic rings. The Hall–Kier alpha value is -1.91. The number of amides is 1. The summed E-state index contributed by atoms with van der Waals surface area (Å²) in [7, 11) is 0. The van der Waals surface area contributed by atoms with Crippen molar-refractivity contribution in [2.24, 2.45) is 0 Å². The number of aliphatic carboxylic acids is 1. The van der Waals surface area contributed by atoms with Crippen LogP contribution in [0.25, 0.3) is 0 Å². The maximum atomic E-state index is 13.3. The summed E-state index contributed by atoms with van der Waals surface area (Å²) in [5.41, 5.74) is 1.13. The lowest BCUT2D eigenvalue weighted by atomic mass is 10.1.